The second kappa shape index (κ2) is 6.16. The molecule has 0 radical (unpaired) electrons. The van der Waals surface area contributed by atoms with Crippen LogP contribution in [0.1, 0.15) is 38.8 Å². The molecule has 3 aromatic rings. The van der Waals surface area contributed by atoms with Crippen LogP contribution >= 0.6 is 0 Å². The minimum atomic E-state index is -0.546. The monoisotopic (exact) mass is 378 g/mol. The zero-order valence-electron chi connectivity index (χ0n) is 16.3. The topological polar surface area (TPSA) is 79.9 Å². The second-order valence-corrected chi connectivity index (χ2v) is 7.91. The lowest BCUT2D eigenvalue weighted by molar-refractivity contribution is 0.157. The maximum atomic E-state index is 13.2. The van der Waals surface area contributed by atoms with Crippen molar-refractivity contribution in [2.45, 2.75) is 39.7 Å². The van der Waals surface area contributed by atoms with Gasteiger partial charge < -0.3 is 19.4 Å². The number of hydrogen-bond acceptors (Lipinski definition) is 5. The molecule has 0 spiro atoms. The van der Waals surface area contributed by atoms with Crippen LogP contribution in [-0.2, 0) is 6.42 Å². The largest absolute Gasteiger partial charge is 0.508 e. The minimum absolute atomic E-state index is 0.0358. The van der Waals surface area contributed by atoms with Gasteiger partial charge in [0.05, 0.1) is 10.9 Å². The molecule has 144 valence electrons. The summed E-state index contributed by atoms with van der Waals surface area (Å²) >= 11 is 0. The molecule has 0 saturated heterocycles. The molecule has 0 amide bonds. The van der Waals surface area contributed by atoms with Gasteiger partial charge in [0.15, 0.2) is 5.58 Å². The predicted molar refractivity (Wildman–Crippen MR) is 110 cm³/mol. The van der Waals surface area contributed by atoms with Crippen molar-refractivity contribution in [1.82, 2.24) is 0 Å². The molecule has 2 heterocycles. The maximum absolute atomic E-state index is 13.2. The number of phenols is 2. The lowest BCUT2D eigenvalue weighted by atomic mass is 9.94. The zero-order valence-corrected chi connectivity index (χ0v) is 16.3. The molecular formula is C23H22O5. The lowest BCUT2D eigenvalue weighted by Gasteiger charge is -2.30. The first-order valence-electron chi connectivity index (χ1n) is 9.17. The van der Waals surface area contributed by atoms with Crippen molar-refractivity contribution < 1.29 is 19.4 Å². The van der Waals surface area contributed by atoms with E-state index in [1.807, 2.05) is 45.9 Å². The van der Waals surface area contributed by atoms with Crippen LogP contribution in [0.25, 0.3) is 28.0 Å². The van der Waals surface area contributed by atoms with Crippen LogP contribution in [0, 0.1) is 0 Å². The maximum Gasteiger partial charge on any atom is 0.204 e. The zero-order chi connectivity index (χ0) is 20.2. The molecule has 0 unspecified atom stereocenters. The van der Waals surface area contributed by atoms with E-state index in [0.717, 1.165) is 5.57 Å². The Balaban J connectivity index is 2.17. The van der Waals surface area contributed by atoms with Crippen LogP contribution in [0.2, 0.25) is 0 Å². The predicted octanol–water partition coefficient (Wildman–Crippen LogP) is 5.05. The van der Waals surface area contributed by atoms with Crippen LogP contribution in [0.3, 0.4) is 0 Å². The third kappa shape index (κ3) is 2.83. The number of allylic oxidation sites excluding steroid dienone is 2. The van der Waals surface area contributed by atoms with Gasteiger partial charge in [0.1, 0.15) is 33.8 Å². The summed E-state index contributed by atoms with van der Waals surface area (Å²) in [5, 5.41) is 21.1. The van der Waals surface area contributed by atoms with Gasteiger partial charge in [0.2, 0.25) is 5.43 Å². The Bertz CT molecular complexity index is 1240. The lowest BCUT2D eigenvalue weighted by Crippen LogP contribution is -2.28. The Labute approximate surface area is 162 Å². The number of benzene rings is 2. The molecule has 1 aliphatic heterocycles. The average Bonchev–Trinajstić information content (AvgIpc) is 2.61. The first-order chi connectivity index (χ1) is 13.2. The first-order valence-corrected chi connectivity index (χ1v) is 9.17. The van der Waals surface area contributed by atoms with Crippen molar-refractivity contribution in [3.63, 3.8) is 0 Å². The van der Waals surface area contributed by atoms with Gasteiger partial charge in [-0.3, -0.25) is 4.79 Å². The van der Waals surface area contributed by atoms with Gasteiger partial charge in [0, 0.05) is 5.56 Å². The molecule has 4 rings (SSSR count). The van der Waals surface area contributed by atoms with Crippen LogP contribution in [-0.4, -0.2) is 15.8 Å². The first kappa shape index (κ1) is 18.2. The highest BCUT2D eigenvalue weighted by Crippen LogP contribution is 2.45. The van der Waals surface area contributed by atoms with Crippen molar-refractivity contribution in [1.29, 1.82) is 0 Å². The number of rotatable bonds is 2. The Kier molecular flexibility index (Phi) is 4.00. The fourth-order valence-electron chi connectivity index (χ4n) is 3.46. The quantitative estimate of drug-likeness (QED) is 0.482. The Morgan fingerprint density at radius 2 is 1.96 bits per heavy atom. The van der Waals surface area contributed by atoms with E-state index in [4.69, 9.17) is 9.15 Å². The standard InChI is InChI=1S/C23H22O5/c1-12(2)5-7-14-19(25)18-20(26)16-11-13(24)6-8-17(16)27-22(18)15-9-10-23(3,4)28-21(14)15/h5-6,8-11,24-25H,7H2,1-4H3. The number of hydrogen-bond donors (Lipinski definition) is 2. The van der Waals surface area contributed by atoms with Gasteiger partial charge in [-0.05, 0) is 64.5 Å². The molecule has 0 aliphatic carbocycles. The Hall–Kier alpha value is -3.21. The summed E-state index contributed by atoms with van der Waals surface area (Å²) in [6.07, 6.45) is 6.18. The average molecular weight is 378 g/mol. The molecule has 1 aromatic heterocycles. The molecule has 5 heteroatoms. The van der Waals surface area contributed by atoms with Gasteiger partial charge in [-0.1, -0.05) is 11.6 Å². The number of fused-ring (bicyclic) bond motifs is 4. The summed E-state index contributed by atoms with van der Waals surface area (Å²) < 4.78 is 12.2. The van der Waals surface area contributed by atoms with Gasteiger partial charge in [-0.2, -0.15) is 0 Å². The third-order valence-electron chi connectivity index (χ3n) is 4.89. The Morgan fingerprint density at radius 1 is 1.21 bits per heavy atom. The second-order valence-electron chi connectivity index (χ2n) is 7.91. The van der Waals surface area contributed by atoms with Crippen LogP contribution < -0.4 is 10.2 Å². The SMILES string of the molecule is CC(C)=CCc1c2c(c3oc4ccc(O)cc4c(=O)c3c1O)C=CC(C)(C)O2. The summed E-state index contributed by atoms with van der Waals surface area (Å²) in [7, 11) is 0. The Morgan fingerprint density at radius 3 is 2.68 bits per heavy atom. The van der Waals surface area contributed by atoms with E-state index in [2.05, 4.69) is 0 Å². The summed E-state index contributed by atoms with van der Waals surface area (Å²) in [6, 6.07) is 4.36. The van der Waals surface area contributed by atoms with Gasteiger partial charge in [-0.25, -0.2) is 0 Å². The van der Waals surface area contributed by atoms with E-state index in [-0.39, 0.29) is 33.3 Å². The fourth-order valence-corrected chi connectivity index (χ4v) is 3.46. The molecule has 1 aliphatic rings. The molecule has 28 heavy (non-hydrogen) atoms. The summed E-state index contributed by atoms with van der Waals surface area (Å²) in [4.78, 5) is 13.2. The molecule has 0 atom stereocenters. The van der Waals surface area contributed by atoms with Gasteiger partial charge in [0.25, 0.3) is 0 Å². The summed E-state index contributed by atoms with van der Waals surface area (Å²) in [5.41, 5.74) is 1.97. The molecule has 0 fully saturated rings. The van der Waals surface area contributed by atoms with E-state index >= 15 is 0 Å². The van der Waals surface area contributed by atoms with Crippen LogP contribution in [0.5, 0.6) is 17.2 Å². The van der Waals surface area contributed by atoms with E-state index in [1.165, 1.54) is 12.1 Å². The van der Waals surface area contributed by atoms with E-state index < -0.39 is 5.60 Å². The van der Waals surface area contributed by atoms with Gasteiger partial charge in [-0.15, -0.1) is 0 Å². The van der Waals surface area contributed by atoms with Crippen molar-refractivity contribution in [3.05, 3.63) is 57.3 Å². The number of aromatic hydroxyl groups is 2. The van der Waals surface area contributed by atoms with Crippen LogP contribution in [0.15, 0.2) is 45.1 Å². The fraction of sp³-hybridized carbons (Fsp3) is 0.261. The summed E-state index contributed by atoms with van der Waals surface area (Å²) in [5.74, 6) is 0.346. The summed E-state index contributed by atoms with van der Waals surface area (Å²) in [6.45, 7) is 7.80. The number of ether oxygens (including phenoxy) is 1. The van der Waals surface area contributed by atoms with E-state index in [1.54, 1.807) is 6.07 Å². The minimum Gasteiger partial charge on any atom is -0.508 e. The van der Waals surface area contributed by atoms with E-state index in [0.29, 0.717) is 28.9 Å². The third-order valence-corrected chi connectivity index (χ3v) is 4.89. The molecule has 2 N–H and O–H groups in total. The van der Waals surface area contributed by atoms with Gasteiger partial charge >= 0.3 is 0 Å². The molecular weight excluding hydrogens is 356 g/mol. The number of phenolic OH excluding ortho intramolecular Hbond substituents is 2. The normalized spacial score (nSPS) is 14.7. The van der Waals surface area contributed by atoms with E-state index in [9.17, 15) is 15.0 Å². The highest BCUT2D eigenvalue weighted by Gasteiger charge is 2.30. The highest BCUT2D eigenvalue weighted by atomic mass is 16.5. The van der Waals surface area contributed by atoms with Crippen molar-refractivity contribution in [3.8, 4) is 17.2 Å². The molecule has 0 saturated carbocycles. The highest BCUT2D eigenvalue weighted by molar-refractivity contribution is 6.00. The molecule has 0 bridgehead atoms. The smallest absolute Gasteiger partial charge is 0.204 e. The van der Waals surface area contributed by atoms with Crippen molar-refractivity contribution in [2.24, 2.45) is 0 Å². The van der Waals surface area contributed by atoms with Crippen molar-refractivity contribution >= 4 is 28.0 Å². The van der Waals surface area contributed by atoms with Crippen LogP contribution in [0.4, 0.5) is 0 Å². The molecule has 2 aromatic carbocycles. The molecule has 5 nitrogen and oxygen atoms in total. The van der Waals surface area contributed by atoms with Crippen molar-refractivity contribution in [2.75, 3.05) is 0 Å².